The maximum Gasteiger partial charge on any atom is 0.228 e. The average molecular weight is 274 g/mol. The Balaban J connectivity index is 1.46. The van der Waals surface area contributed by atoms with Crippen LogP contribution in [-0.2, 0) is 11.2 Å². The number of nitrogens with zero attached hydrogens (tertiary/aromatic N) is 2. The van der Waals surface area contributed by atoms with E-state index >= 15 is 0 Å². The van der Waals surface area contributed by atoms with E-state index < -0.39 is 0 Å². The van der Waals surface area contributed by atoms with Gasteiger partial charge in [-0.1, -0.05) is 12.1 Å². The standard InChI is InChI=1S/C14H14N2O2S/c17-14(8-12-4-3-7-19-12)16-9-11(10-16)18-13-5-1-2-6-15-13/h1-7,11H,8-10H2. The molecule has 4 nitrogen and oxygen atoms in total. The fourth-order valence-electron chi connectivity index (χ4n) is 1.98. The van der Waals surface area contributed by atoms with Crippen LogP contribution in [0.2, 0.25) is 0 Å². The molecule has 0 radical (unpaired) electrons. The molecule has 0 bridgehead atoms. The predicted octanol–water partition coefficient (Wildman–Crippen LogP) is 1.98. The molecule has 1 aliphatic heterocycles. The van der Waals surface area contributed by atoms with Crippen LogP contribution >= 0.6 is 11.3 Å². The number of ether oxygens (including phenoxy) is 1. The van der Waals surface area contributed by atoms with Crippen LogP contribution in [0.3, 0.4) is 0 Å². The third-order valence-electron chi connectivity index (χ3n) is 3.03. The van der Waals surface area contributed by atoms with Crippen molar-refractivity contribution in [3.8, 4) is 5.88 Å². The summed E-state index contributed by atoms with van der Waals surface area (Å²) in [4.78, 5) is 19.0. The predicted molar refractivity (Wildman–Crippen MR) is 73.3 cm³/mol. The summed E-state index contributed by atoms with van der Waals surface area (Å²) < 4.78 is 5.66. The summed E-state index contributed by atoms with van der Waals surface area (Å²) in [5, 5.41) is 1.99. The fraction of sp³-hybridized carbons (Fsp3) is 0.286. The van der Waals surface area contributed by atoms with Gasteiger partial charge in [0.1, 0.15) is 6.10 Å². The molecule has 3 heterocycles. The maximum absolute atomic E-state index is 12.0. The summed E-state index contributed by atoms with van der Waals surface area (Å²) in [6.07, 6.45) is 2.27. The van der Waals surface area contributed by atoms with E-state index in [2.05, 4.69) is 4.98 Å². The smallest absolute Gasteiger partial charge is 0.228 e. The summed E-state index contributed by atoms with van der Waals surface area (Å²) in [5.41, 5.74) is 0. The van der Waals surface area contributed by atoms with Gasteiger partial charge >= 0.3 is 0 Å². The Kier molecular flexibility index (Phi) is 3.46. The van der Waals surface area contributed by atoms with Crippen LogP contribution < -0.4 is 4.74 Å². The van der Waals surface area contributed by atoms with Gasteiger partial charge in [0.25, 0.3) is 0 Å². The first-order valence-electron chi connectivity index (χ1n) is 6.19. The van der Waals surface area contributed by atoms with Crippen molar-refractivity contribution >= 4 is 17.2 Å². The van der Waals surface area contributed by atoms with Crippen molar-refractivity contribution in [2.24, 2.45) is 0 Å². The quantitative estimate of drug-likeness (QED) is 0.856. The number of hydrogen-bond acceptors (Lipinski definition) is 4. The molecule has 98 valence electrons. The summed E-state index contributed by atoms with van der Waals surface area (Å²) in [6.45, 7) is 1.31. The van der Waals surface area contributed by atoms with Crippen LogP contribution in [0.25, 0.3) is 0 Å². The van der Waals surface area contributed by atoms with Gasteiger partial charge in [0, 0.05) is 17.1 Å². The number of pyridine rings is 1. The Labute approximate surface area is 115 Å². The fourth-order valence-corrected chi connectivity index (χ4v) is 2.67. The lowest BCUT2D eigenvalue weighted by molar-refractivity contribution is -0.139. The maximum atomic E-state index is 12.0. The minimum Gasteiger partial charge on any atom is -0.471 e. The monoisotopic (exact) mass is 274 g/mol. The Bertz CT molecular complexity index is 536. The van der Waals surface area contributed by atoms with E-state index in [9.17, 15) is 4.79 Å². The highest BCUT2D eigenvalue weighted by Crippen LogP contribution is 2.18. The SMILES string of the molecule is O=C(Cc1cccs1)N1CC(Oc2ccccn2)C1. The largest absolute Gasteiger partial charge is 0.471 e. The van der Waals surface area contributed by atoms with E-state index in [0.29, 0.717) is 25.4 Å². The average Bonchev–Trinajstić information content (AvgIpc) is 2.87. The second-order valence-electron chi connectivity index (χ2n) is 4.46. The van der Waals surface area contributed by atoms with E-state index in [1.807, 2.05) is 40.6 Å². The van der Waals surface area contributed by atoms with Crippen LogP contribution in [0.1, 0.15) is 4.88 Å². The Hall–Kier alpha value is -1.88. The molecule has 0 unspecified atom stereocenters. The molecule has 0 aliphatic carbocycles. The summed E-state index contributed by atoms with van der Waals surface area (Å²) in [6, 6.07) is 9.53. The van der Waals surface area contributed by atoms with Crippen LogP contribution in [0, 0.1) is 0 Å². The molecule has 1 amide bonds. The van der Waals surface area contributed by atoms with Gasteiger partial charge in [0.05, 0.1) is 19.5 Å². The Morgan fingerprint density at radius 3 is 2.95 bits per heavy atom. The number of likely N-dealkylation sites (tertiary alicyclic amines) is 1. The lowest BCUT2D eigenvalue weighted by Gasteiger charge is -2.38. The second-order valence-corrected chi connectivity index (χ2v) is 5.49. The van der Waals surface area contributed by atoms with Gasteiger partial charge < -0.3 is 9.64 Å². The molecule has 1 aliphatic rings. The van der Waals surface area contributed by atoms with Crippen LogP contribution in [0.4, 0.5) is 0 Å². The third kappa shape index (κ3) is 2.93. The van der Waals surface area contributed by atoms with Gasteiger partial charge in [-0.25, -0.2) is 4.98 Å². The number of amides is 1. The zero-order chi connectivity index (χ0) is 13.1. The van der Waals surface area contributed by atoms with E-state index in [1.54, 1.807) is 17.5 Å². The van der Waals surface area contributed by atoms with E-state index in [0.717, 1.165) is 4.88 Å². The first kappa shape index (κ1) is 12.2. The van der Waals surface area contributed by atoms with Gasteiger partial charge in [-0.2, -0.15) is 0 Å². The normalized spacial score (nSPS) is 15.1. The van der Waals surface area contributed by atoms with Crippen LogP contribution in [0.15, 0.2) is 41.9 Å². The topological polar surface area (TPSA) is 42.4 Å². The first-order chi connectivity index (χ1) is 9.31. The molecule has 19 heavy (non-hydrogen) atoms. The number of thiophene rings is 1. The number of rotatable bonds is 4. The molecule has 0 N–H and O–H groups in total. The van der Waals surface area contributed by atoms with Crippen molar-refractivity contribution in [2.75, 3.05) is 13.1 Å². The molecule has 1 fully saturated rings. The number of carbonyl (C=O) groups excluding carboxylic acids is 1. The van der Waals surface area contributed by atoms with E-state index in [-0.39, 0.29) is 12.0 Å². The Morgan fingerprint density at radius 2 is 2.26 bits per heavy atom. The molecule has 2 aromatic rings. The third-order valence-corrected chi connectivity index (χ3v) is 3.91. The van der Waals surface area contributed by atoms with E-state index in [4.69, 9.17) is 4.74 Å². The second kappa shape index (κ2) is 5.40. The number of carbonyl (C=O) groups is 1. The van der Waals surface area contributed by atoms with Crippen LogP contribution in [0.5, 0.6) is 5.88 Å². The van der Waals surface area contributed by atoms with Crippen molar-refractivity contribution in [3.63, 3.8) is 0 Å². The zero-order valence-corrected chi connectivity index (χ0v) is 11.2. The van der Waals surface area contributed by atoms with Crippen LogP contribution in [-0.4, -0.2) is 35.0 Å². The van der Waals surface area contributed by atoms with Crippen molar-refractivity contribution in [1.82, 2.24) is 9.88 Å². The van der Waals surface area contributed by atoms with Gasteiger partial charge in [-0.15, -0.1) is 11.3 Å². The molecule has 0 aromatic carbocycles. The molecule has 3 rings (SSSR count). The molecule has 0 saturated carbocycles. The summed E-state index contributed by atoms with van der Waals surface area (Å²) >= 11 is 1.62. The van der Waals surface area contributed by atoms with Crippen molar-refractivity contribution < 1.29 is 9.53 Å². The minimum absolute atomic E-state index is 0.0715. The lowest BCUT2D eigenvalue weighted by atomic mass is 10.1. The highest BCUT2D eigenvalue weighted by atomic mass is 32.1. The summed E-state index contributed by atoms with van der Waals surface area (Å²) in [5.74, 6) is 0.793. The van der Waals surface area contributed by atoms with Gasteiger partial charge in [-0.05, 0) is 17.5 Å². The van der Waals surface area contributed by atoms with E-state index in [1.165, 1.54) is 0 Å². The van der Waals surface area contributed by atoms with Gasteiger partial charge in [0.15, 0.2) is 0 Å². The molecular weight excluding hydrogens is 260 g/mol. The molecule has 0 atom stereocenters. The van der Waals surface area contributed by atoms with Gasteiger partial charge in [-0.3, -0.25) is 4.79 Å². The molecular formula is C14H14N2O2S. The lowest BCUT2D eigenvalue weighted by Crippen LogP contribution is -2.56. The summed E-state index contributed by atoms with van der Waals surface area (Å²) in [7, 11) is 0. The number of hydrogen-bond donors (Lipinski definition) is 0. The minimum atomic E-state index is 0.0715. The highest BCUT2D eigenvalue weighted by Gasteiger charge is 2.32. The molecule has 1 saturated heterocycles. The molecule has 0 spiro atoms. The molecule has 2 aromatic heterocycles. The van der Waals surface area contributed by atoms with Crippen molar-refractivity contribution in [3.05, 3.63) is 46.8 Å². The molecule has 5 heteroatoms. The number of aromatic nitrogens is 1. The Morgan fingerprint density at radius 1 is 1.37 bits per heavy atom. The first-order valence-corrected chi connectivity index (χ1v) is 7.07. The van der Waals surface area contributed by atoms with Crippen molar-refractivity contribution in [1.29, 1.82) is 0 Å². The van der Waals surface area contributed by atoms with Crippen molar-refractivity contribution in [2.45, 2.75) is 12.5 Å². The zero-order valence-electron chi connectivity index (χ0n) is 10.4. The highest BCUT2D eigenvalue weighted by molar-refractivity contribution is 7.10. The van der Waals surface area contributed by atoms with Gasteiger partial charge in [0.2, 0.25) is 11.8 Å².